The molecule has 3 aromatic rings. The number of aromatic nitrogens is 2. The van der Waals surface area contributed by atoms with Crippen molar-refractivity contribution in [3.63, 3.8) is 0 Å². The predicted molar refractivity (Wildman–Crippen MR) is 124 cm³/mol. The van der Waals surface area contributed by atoms with E-state index in [0.29, 0.717) is 48.5 Å². The van der Waals surface area contributed by atoms with Crippen LogP contribution in [-0.2, 0) is 40.3 Å². The van der Waals surface area contributed by atoms with Gasteiger partial charge in [0, 0.05) is 36.3 Å². The van der Waals surface area contributed by atoms with Crippen molar-refractivity contribution in [2.45, 2.75) is 58.8 Å². The number of nitrogens with zero attached hydrogens (tertiary/aromatic N) is 2. The summed E-state index contributed by atoms with van der Waals surface area (Å²) in [5.41, 5.74) is 5.50. The number of rotatable bonds is 6. The van der Waals surface area contributed by atoms with Gasteiger partial charge in [0.05, 0.1) is 29.0 Å². The van der Waals surface area contributed by atoms with Gasteiger partial charge >= 0.3 is 5.97 Å². The zero-order chi connectivity index (χ0) is 24.1. The Balaban J connectivity index is 1.72. The Bertz CT molecular complexity index is 1390. The van der Waals surface area contributed by atoms with Crippen molar-refractivity contribution in [1.29, 1.82) is 0 Å². The summed E-state index contributed by atoms with van der Waals surface area (Å²) in [5.74, 6) is -1.07. The number of unbranched alkanes of at least 4 members (excludes halogenated alkanes) is 1. The molecule has 0 bridgehead atoms. The number of cyclic esters (lactones) is 1. The van der Waals surface area contributed by atoms with Gasteiger partial charge in [0.25, 0.3) is 5.56 Å². The molecule has 0 aliphatic carbocycles. The smallest absolute Gasteiger partial charge is 0.340 e. The summed E-state index contributed by atoms with van der Waals surface area (Å²) in [6.07, 6.45) is 1.65. The van der Waals surface area contributed by atoms with Crippen molar-refractivity contribution in [3.05, 3.63) is 61.7 Å². The minimum atomic E-state index is -1.50. The average Bonchev–Trinajstić information content (AvgIpc) is 3.19. The van der Waals surface area contributed by atoms with E-state index >= 15 is 0 Å². The number of halogens is 1. The van der Waals surface area contributed by atoms with Crippen LogP contribution >= 0.6 is 0 Å². The fraction of sp³-hybridized carbons (Fsp3) is 0.423. The molecule has 2 aliphatic rings. The Hall–Kier alpha value is -3.10. The van der Waals surface area contributed by atoms with E-state index in [1.165, 1.54) is 6.07 Å². The van der Waals surface area contributed by atoms with E-state index in [4.69, 9.17) is 14.5 Å². The zero-order valence-corrected chi connectivity index (χ0v) is 19.5. The van der Waals surface area contributed by atoms with Crippen molar-refractivity contribution in [2.75, 3.05) is 13.7 Å². The molecule has 0 amide bonds. The molecule has 4 heterocycles. The number of carbonyl (C=O) groups is 1. The minimum Gasteiger partial charge on any atom is -0.458 e. The maximum Gasteiger partial charge on any atom is 0.340 e. The molecule has 0 saturated carbocycles. The van der Waals surface area contributed by atoms with Gasteiger partial charge in [-0.3, -0.25) is 4.79 Å². The minimum absolute atomic E-state index is 0.160. The van der Waals surface area contributed by atoms with Crippen molar-refractivity contribution in [2.24, 2.45) is 0 Å². The summed E-state index contributed by atoms with van der Waals surface area (Å²) < 4.78 is 26.7. The predicted octanol–water partition coefficient (Wildman–Crippen LogP) is 3.49. The summed E-state index contributed by atoms with van der Waals surface area (Å²) in [4.78, 5) is 30.0. The van der Waals surface area contributed by atoms with Crippen LogP contribution in [0.5, 0.6) is 0 Å². The Kier molecular flexibility index (Phi) is 5.73. The number of hydrogen-bond acceptors (Lipinski definition) is 6. The van der Waals surface area contributed by atoms with Crippen LogP contribution in [0.2, 0.25) is 0 Å². The number of ether oxygens (including phenoxy) is 2. The first kappa shape index (κ1) is 22.7. The van der Waals surface area contributed by atoms with Crippen LogP contribution in [-0.4, -0.2) is 34.3 Å². The van der Waals surface area contributed by atoms with Crippen molar-refractivity contribution in [1.82, 2.24) is 9.55 Å². The monoisotopic (exact) mass is 466 g/mol. The van der Waals surface area contributed by atoms with Crippen molar-refractivity contribution < 1.29 is 23.8 Å². The van der Waals surface area contributed by atoms with E-state index < -0.39 is 12.1 Å². The number of pyridine rings is 2. The summed E-state index contributed by atoms with van der Waals surface area (Å²) >= 11 is 0. The molecule has 7 nitrogen and oxygen atoms in total. The number of hydrogen-bond donors (Lipinski definition) is 1. The Labute approximate surface area is 196 Å². The van der Waals surface area contributed by atoms with Gasteiger partial charge in [-0.2, -0.15) is 0 Å². The van der Waals surface area contributed by atoms with Gasteiger partial charge in [0.2, 0.25) is 0 Å². The summed E-state index contributed by atoms with van der Waals surface area (Å²) in [5, 5.41) is 11.3. The van der Waals surface area contributed by atoms with Crippen LogP contribution < -0.4 is 5.56 Å². The fourth-order valence-corrected chi connectivity index (χ4v) is 5.28. The standard InChI is InChI=1S/C26H27FN2O5/c1-4-14-17-11-29-21(9-16-18(25(29)31)12-34-26(32)24(16)30)23(17)28-20-10-19(27)13(2)15(22(14)20)7-5-6-8-33-3/h9-10,24,30H,4-8,11-12H2,1-3H3. The van der Waals surface area contributed by atoms with Gasteiger partial charge in [-0.15, -0.1) is 0 Å². The van der Waals surface area contributed by atoms with Crippen LogP contribution in [0.25, 0.3) is 22.3 Å². The van der Waals surface area contributed by atoms with Crippen LogP contribution in [0, 0.1) is 12.7 Å². The zero-order valence-electron chi connectivity index (χ0n) is 19.5. The fourth-order valence-electron chi connectivity index (χ4n) is 5.28. The lowest BCUT2D eigenvalue weighted by Crippen LogP contribution is -2.32. The van der Waals surface area contributed by atoms with Crippen LogP contribution in [0.4, 0.5) is 4.39 Å². The number of esters is 1. The van der Waals surface area contributed by atoms with Crippen LogP contribution in [0.3, 0.4) is 0 Å². The maximum absolute atomic E-state index is 14.9. The molecule has 2 aliphatic heterocycles. The van der Waals surface area contributed by atoms with Crippen molar-refractivity contribution in [3.8, 4) is 11.4 Å². The highest BCUT2D eigenvalue weighted by atomic mass is 19.1. The molecular formula is C26H27FN2O5. The summed E-state index contributed by atoms with van der Waals surface area (Å²) in [6, 6.07) is 3.12. The molecule has 0 fully saturated rings. The van der Waals surface area contributed by atoms with Gasteiger partial charge < -0.3 is 19.1 Å². The molecule has 1 aromatic carbocycles. The van der Waals surface area contributed by atoms with E-state index in [0.717, 1.165) is 34.9 Å². The van der Waals surface area contributed by atoms with E-state index in [9.17, 15) is 19.1 Å². The maximum atomic E-state index is 14.9. The number of aryl methyl sites for hydroxylation is 2. The third-order valence-electron chi connectivity index (χ3n) is 7.07. The first-order valence-corrected chi connectivity index (χ1v) is 11.6. The van der Waals surface area contributed by atoms with Gasteiger partial charge in [-0.1, -0.05) is 6.92 Å². The molecule has 1 N–H and O–H groups in total. The Morgan fingerprint density at radius 1 is 1.24 bits per heavy atom. The van der Waals surface area contributed by atoms with Gasteiger partial charge in [-0.25, -0.2) is 14.2 Å². The Morgan fingerprint density at radius 2 is 2.03 bits per heavy atom. The third kappa shape index (κ3) is 3.35. The number of aliphatic hydroxyl groups is 1. The Morgan fingerprint density at radius 3 is 2.76 bits per heavy atom. The van der Waals surface area contributed by atoms with E-state index in [-0.39, 0.29) is 29.1 Å². The highest BCUT2D eigenvalue weighted by Crippen LogP contribution is 2.40. The number of carbonyl (C=O) groups excluding carboxylic acids is 1. The van der Waals surface area contributed by atoms with Gasteiger partial charge in [0.1, 0.15) is 12.4 Å². The quantitative estimate of drug-likeness (QED) is 0.346. The molecule has 0 saturated heterocycles. The number of fused-ring (bicyclic) bond motifs is 5. The van der Waals surface area contributed by atoms with E-state index in [1.807, 2.05) is 0 Å². The highest BCUT2D eigenvalue weighted by molar-refractivity contribution is 5.92. The van der Waals surface area contributed by atoms with Crippen LogP contribution in [0.1, 0.15) is 59.3 Å². The third-order valence-corrected chi connectivity index (χ3v) is 7.07. The summed E-state index contributed by atoms with van der Waals surface area (Å²) in [6.45, 7) is 4.69. The second kappa shape index (κ2) is 8.60. The lowest BCUT2D eigenvalue weighted by molar-refractivity contribution is -0.157. The molecule has 34 heavy (non-hydrogen) atoms. The molecular weight excluding hydrogens is 439 g/mol. The lowest BCUT2D eigenvalue weighted by Gasteiger charge is -2.21. The molecule has 1 atom stereocenters. The SMILES string of the molecule is CCc1c2c(nc3cc(F)c(C)c(CCCCOC)c13)-c1cc3c(c(=O)n1C2)COC(=O)C3O. The number of benzene rings is 1. The largest absolute Gasteiger partial charge is 0.458 e. The summed E-state index contributed by atoms with van der Waals surface area (Å²) in [7, 11) is 1.67. The topological polar surface area (TPSA) is 90.6 Å². The molecule has 0 radical (unpaired) electrons. The first-order valence-electron chi connectivity index (χ1n) is 11.6. The van der Waals surface area contributed by atoms with E-state index in [1.54, 1.807) is 24.7 Å². The molecule has 8 heteroatoms. The first-order chi connectivity index (χ1) is 16.4. The van der Waals surface area contributed by atoms with Gasteiger partial charge in [0.15, 0.2) is 6.10 Å². The molecule has 2 aromatic heterocycles. The molecule has 0 spiro atoms. The molecule has 178 valence electrons. The van der Waals surface area contributed by atoms with Crippen molar-refractivity contribution >= 4 is 16.9 Å². The second-order valence-electron chi connectivity index (χ2n) is 8.94. The lowest BCUT2D eigenvalue weighted by atomic mass is 9.90. The van der Waals surface area contributed by atoms with Gasteiger partial charge in [-0.05, 0) is 55.4 Å². The highest BCUT2D eigenvalue weighted by Gasteiger charge is 2.34. The molecule has 5 rings (SSSR count). The van der Waals surface area contributed by atoms with E-state index in [2.05, 4.69) is 6.92 Å². The van der Waals surface area contributed by atoms with Crippen LogP contribution in [0.15, 0.2) is 16.9 Å². The number of methoxy groups -OCH3 is 1. The molecule has 1 unspecified atom stereocenters. The second-order valence-corrected chi connectivity index (χ2v) is 8.94. The number of aliphatic hydroxyl groups excluding tert-OH is 1. The normalized spacial score (nSPS) is 16.4. The average molecular weight is 467 g/mol.